The number of rotatable bonds is 1. The van der Waals surface area contributed by atoms with Gasteiger partial charge in [0, 0.05) is 0 Å². The second kappa shape index (κ2) is 2.75. The van der Waals surface area contributed by atoms with Crippen LogP contribution in [0.4, 0.5) is 0 Å². The van der Waals surface area contributed by atoms with Crippen LogP contribution in [0.25, 0.3) is 0 Å². The van der Waals surface area contributed by atoms with Crippen molar-refractivity contribution < 1.29 is 9.90 Å². The van der Waals surface area contributed by atoms with Crippen LogP contribution >= 0.6 is 0 Å². The Kier molecular flexibility index (Phi) is 1.85. The molecule has 0 saturated heterocycles. The Morgan fingerprint density at radius 2 is 1.92 bits per heavy atom. The van der Waals surface area contributed by atoms with Gasteiger partial charge in [-0.2, -0.15) is 0 Å². The van der Waals surface area contributed by atoms with Crippen molar-refractivity contribution in [3.05, 3.63) is 0 Å². The lowest BCUT2D eigenvalue weighted by atomic mass is 9.84. The van der Waals surface area contributed by atoms with Gasteiger partial charge in [0.25, 0.3) is 0 Å². The van der Waals surface area contributed by atoms with Gasteiger partial charge in [-0.05, 0) is 37.5 Å². The van der Waals surface area contributed by atoms with Crippen LogP contribution in [0.5, 0.6) is 0 Å². The van der Waals surface area contributed by atoms with E-state index in [9.17, 15) is 4.79 Å². The summed E-state index contributed by atoms with van der Waals surface area (Å²) >= 11 is 0. The zero-order valence-corrected chi connectivity index (χ0v) is 7.38. The Morgan fingerprint density at radius 3 is 2.42 bits per heavy atom. The molecule has 12 heavy (non-hydrogen) atoms. The summed E-state index contributed by atoms with van der Waals surface area (Å²) in [4.78, 5) is 10.7. The molecule has 2 rings (SSSR count). The highest BCUT2D eigenvalue weighted by Crippen LogP contribution is 2.52. The fourth-order valence-corrected chi connectivity index (χ4v) is 3.00. The van der Waals surface area contributed by atoms with Crippen LogP contribution in [0, 0.1) is 11.3 Å². The number of carboxylic acids is 1. The van der Waals surface area contributed by atoms with Crippen molar-refractivity contribution in [1.82, 2.24) is 0 Å². The minimum atomic E-state index is -0.571. The van der Waals surface area contributed by atoms with Crippen molar-refractivity contribution >= 4 is 5.97 Å². The Labute approximate surface area is 73.0 Å². The van der Waals surface area contributed by atoms with Gasteiger partial charge in [-0.3, -0.25) is 4.79 Å². The van der Waals surface area contributed by atoms with Crippen molar-refractivity contribution in [3.63, 3.8) is 0 Å². The summed E-state index contributed by atoms with van der Waals surface area (Å²) in [5.41, 5.74) is 0.461. The Hall–Kier alpha value is -0.530. The second-order valence-electron chi connectivity index (χ2n) is 4.49. The summed E-state index contributed by atoms with van der Waals surface area (Å²) in [5, 5.41) is 8.86. The predicted octanol–water partition coefficient (Wildman–Crippen LogP) is 2.43. The highest BCUT2D eigenvalue weighted by atomic mass is 16.4. The van der Waals surface area contributed by atoms with E-state index < -0.39 is 5.97 Å². The van der Waals surface area contributed by atoms with Crippen LogP contribution in [-0.4, -0.2) is 11.1 Å². The molecule has 2 heteroatoms. The molecule has 2 fully saturated rings. The Morgan fingerprint density at radius 1 is 1.25 bits per heavy atom. The van der Waals surface area contributed by atoms with Gasteiger partial charge in [-0.25, -0.2) is 0 Å². The first kappa shape index (κ1) is 8.09. The monoisotopic (exact) mass is 168 g/mol. The van der Waals surface area contributed by atoms with Crippen molar-refractivity contribution in [2.75, 3.05) is 0 Å². The summed E-state index contributed by atoms with van der Waals surface area (Å²) in [6.07, 6.45) is 8.29. The first-order chi connectivity index (χ1) is 5.72. The van der Waals surface area contributed by atoms with Gasteiger partial charge in [-0.1, -0.05) is 12.8 Å². The van der Waals surface area contributed by atoms with E-state index in [-0.39, 0.29) is 5.92 Å². The smallest absolute Gasteiger partial charge is 0.306 e. The minimum absolute atomic E-state index is 0.0249. The van der Waals surface area contributed by atoms with Crippen LogP contribution in [-0.2, 0) is 4.79 Å². The maximum Gasteiger partial charge on any atom is 0.306 e. The lowest BCUT2D eigenvalue weighted by Gasteiger charge is -2.21. The Balaban J connectivity index is 2.01. The largest absolute Gasteiger partial charge is 0.481 e. The molecule has 0 heterocycles. The molecule has 2 aliphatic rings. The molecule has 68 valence electrons. The van der Waals surface area contributed by atoms with Gasteiger partial charge in [0.05, 0.1) is 5.92 Å². The van der Waals surface area contributed by atoms with Gasteiger partial charge in [0.2, 0.25) is 0 Å². The van der Waals surface area contributed by atoms with Crippen LogP contribution in [0.15, 0.2) is 0 Å². The highest BCUT2D eigenvalue weighted by Gasteiger charge is 2.43. The lowest BCUT2D eigenvalue weighted by Crippen LogP contribution is -2.15. The summed E-state index contributed by atoms with van der Waals surface area (Å²) in [7, 11) is 0. The zero-order chi connectivity index (χ0) is 8.60. The van der Waals surface area contributed by atoms with E-state index in [0.717, 1.165) is 12.8 Å². The predicted molar refractivity (Wildman–Crippen MR) is 45.9 cm³/mol. The molecule has 2 saturated carbocycles. The van der Waals surface area contributed by atoms with Crippen molar-refractivity contribution in [2.45, 2.75) is 44.9 Å². The molecule has 0 unspecified atom stereocenters. The first-order valence-electron chi connectivity index (χ1n) is 4.95. The molecular weight excluding hydrogens is 152 g/mol. The third-order valence-corrected chi connectivity index (χ3v) is 3.72. The number of carboxylic acid groups (broad SMARTS) is 1. The summed E-state index contributed by atoms with van der Waals surface area (Å²) in [6, 6.07) is 0. The van der Waals surface area contributed by atoms with Crippen LogP contribution in [0.3, 0.4) is 0 Å². The third kappa shape index (κ3) is 1.23. The van der Waals surface area contributed by atoms with E-state index in [0.29, 0.717) is 5.41 Å². The molecule has 2 aliphatic carbocycles. The van der Waals surface area contributed by atoms with Gasteiger partial charge in [0.1, 0.15) is 0 Å². The van der Waals surface area contributed by atoms with E-state index in [1.807, 2.05) is 0 Å². The molecule has 1 N–H and O–H groups in total. The zero-order valence-electron chi connectivity index (χ0n) is 7.38. The summed E-state index contributed by atoms with van der Waals surface area (Å²) < 4.78 is 0. The molecular formula is C10H16O2. The number of aliphatic carboxylic acids is 1. The maximum atomic E-state index is 10.7. The lowest BCUT2D eigenvalue weighted by molar-refractivity contribution is -0.141. The third-order valence-electron chi connectivity index (χ3n) is 3.72. The van der Waals surface area contributed by atoms with Gasteiger partial charge in [0.15, 0.2) is 0 Å². The molecule has 1 atom stereocenters. The van der Waals surface area contributed by atoms with Gasteiger partial charge >= 0.3 is 5.97 Å². The van der Waals surface area contributed by atoms with E-state index in [1.54, 1.807) is 0 Å². The molecule has 0 aromatic heterocycles. The number of hydrogen-bond donors (Lipinski definition) is 1. The molecule has 0 amide bonds. The summed E-state index contributed by atoms with van der Waals surface area (Å²) in [6.45, 7) is 0. The van der Waals surface area contributed by atoms with E-state index >= 15 is 0 Å². The summed E-state index contributed by atoms with van der Waals surface area (Å²) in [5.74, 6) is -0.595. The average molecular weight is 168 g/mol. The Bertz CT molecular complexity index is 192. The molecule has 2 nitrogen and oxygen atoms in total. The van der Waals surface area contributed by atoms with Crippen LogP contribution in [0.2, 0.25) is 0 Å². The normalized spacial score (nSPS) is 32.8. The first-order valence-corrected chi connectivity index (χ1v) is 4.95. The topological polar surface area (TPSA) is 37.3 Å². The number of hydrogen-bond acceptors (Lipinski definition) is 1. The van der Waals surface area contributed by atoms with Crippen molar-refractivity contribution in [1.29, 1.82) is 0 Å². The van der Waals surface area contributed by atoms with E-state index in [1.165, 1.54) is 32.1 Å². The minimum Gasteiger partial charge on any atom is -0.481 e. The van der Waals surface area contributed by atoms with Gasteiger partial charge < -0.3 is 5.11 Å². The molecule has 1 spiro atoms. The molecule has 0 aromatic rings. The van der Waals surface area contributed by atoms with Crippen molar-refractivity contribution in [3.8, 4) is 0 Å². The second-order valence-corrected chi connectivity index (χ2v) is 4.49. The molecule has 0 radical (unpaired) electrons. The highest BCUT2D eigenvalue weighted by molar-refractivity contribution is 5.70. The molecule has 0 aliphatic heterocycles. The van der Waals surface area contributed by atoms with Crippen molar-refractivity contribution in [2.24, 2.45) is 11.3 Å². The standard InChI is InChI=1S/C10H16O2/c11-9(12)8-3-6-10(7-8)4-1-2-5-10/h8H,1-7H2,(H,11,12)/t8-/m1/s1. The molecule has 0 aromatic carbocycles. The van der Waals surface area contributed by atoms with E-state index in [4.69, 9.17) is 5.11 Å². The fraction of sp³-hybridized carbons (Fsp3) is 0.900. The SMILES string of the molecule is O=C(O)[C@@H]1CCC2(CCCC2)C1. The molecule has 0 bridgehead atoms. The number of carbonyl (C=O) groups is 1. The van der Waals surface area contributed by atoms with Gasteiger partial charge in [-0.15, -0.1) is 0 Å². The maximum absolute atomic E-state index is 10.7. The quantitative estimate of drug-likeness (QED) is 0.653. The van der Waals surface area contributed by atoms with Crippen LogP contribution in [0.1, 0.15) is 44.9 Å². The fourth-order valence-electron chi connectivity index (χ4n) is 3.00. The van der Waals surface area contributed by atoms with E-state index in [2.05, 4.69) is 0 Å². The average Bonchev–Trinajstić information content (AvgIpc) is 2.62. The van der Waals surface area contributed by atoms with Crippen LogP contribution < -0.4 is 0 Å².